The molecule has 0 aliphatic heterocycles. The van der Waals surface area contributed by atoms with E-state index in [0.717, 1.165) is 0 Å². The van der Waals surface area contributed by atoms with E-state index < -0.39 is 17.5 Å². The van der Waals surface area contributed by atoms with Crippen molar-refractivity contribution in [3.05, 3.63) is 88.7 Å². The normalized spacial score (nSPS) is 11.5. The summed E-state index contributed by atoms with van der Waals surface area (Å²) in [5, 5.41) is 14.7. The van der Waals surface area contributed by atoms with E-state index in [1.807, 2.05) is 6.07 Å². The van der Waals surface area contributed by atoms with E-state index in [-0.39, 0.29) is 18.0 Å². The van der Waals surface area contributed by atoms with Gasteiger partial charge in [0.05, 0.1) is 28.4 Å². The number of anilines is 2. The lowest BCUT2D eigenvalue weighted by Crippen LogP contribution is -2.33. The van der Waals surface area contributed by atoms with Crippen LogP contribution < -0.4 is 16.2 Å². The third kappa shape index (κ3) is 4.80. The largest absolute Gasteiger partial charge is 0.325 e. The van der Waals surface area contributed by atoms with Crippen molar-refractivity contribution < 1.29 is 9.59 Å². The molecule has 0 aliphatic carbocycles. The Labute approximate surface area is 201 Å². The van der Waals surface area contributed by atoms with E-state index in [1.54, 1.807) is 86.6 Å². The van der Waals surface area contributed by atoms with E-state index >= 15 is 0 Å². The Hall–Kier alpha value is -4.77. The molecular formula is C27H23N5O3. The highest BCUT2D eigenvalue weighted by molar-refractivity contribution is 5.96. The van der Waals surface area contributed by atoms with Gasteiger partial charge in [0.2, 0.25) is 11.8 Å². The molecule has 174 valence electrons. The van der Waals surface area contributed by atoms with Crippen molar-refractivity contribution in [2.45, 2.75) is 26.3 Å². The molecule has 0 saturated heterocycles. The van der Waals surface area contributed by atoms with Crippen molar-refractivity contribution in [3.63, 3.8) is 0 Å². The fraction of sp³-hybridized carbons (Fsp3) is 0.148. The summed E-state index contributed by atoms with van der Waals surface area (Å²) >= 11 is 0. The Morgan fingerprint density at radius 3 is 2.54 bits per heavy atom. The van der Waals surface area contributed by atoms with E-state index in [9.17, 15) is 14.4 Å². The first-order valence-corrected chi connectivity index (χ1v) is 11.1. The SMILES string of the molecule is CCC(=O)Nc1ccccc1-c1nc2ccccc2n(C(C)C(=O)Nc2cccc(C#N)c2)c1=O. The molecule has 0 radical (unpaired) electrons. The van der Waals surface area contributed by atoms with Crippen molar-refractivity contribution in [1.29, 1.82) is 5.26 Å². The summed E-state index contributed by atoms with van der Waals surface area (Å²) in [5.74, 6) is -0.608. The molecule has 2 N–H and O–H groups in total. The number of benzene rings is 3. The fourth-order valence-corrected chi connectivity index (χ4v) is 3.78. The maximum atomic E-state index is 13.8. The fourth-order valence-electron chi connectivity index (χ4n) is 3.78. The number of carbonyl (C=O) groups excluding carboxylic acids is 2. The predicted octanol–water partition coefficient (Wildman–Crippen LogP) is 4.48. The first kappa shape index (κ1) is 23.4. The minimum Gasteiger partial charge on any atom is -0.325 e. The molecule has 1 aromatic heterocycles. The van der Waals surface area contributed by atoms with Gasteiger partial charge in [0.1, 0.15) is 11.7 Å². The van der Waals surface area contributed by atoms with Gasteiger partial charge >= 0.3 is 0 Å². The van der Waals surface area contributed by atoms with E-state index in [2.05, 4.69) is 15.6 Å². The number of hydrogen-bond donors (Lipinski definition) is 2. The quantitative estimate of drug-likeness (QED) is 0.435. The highest BCUT2D eigenvalue weighted by atomic mass is 16.2. The van der Waals surface area contributed by atoms with Crippen LogP contribution in [0.15, 0.2) is 77.6 Å². The molecule has 8 heteroatoms. The zero-order valence-corrected chi connectivity index (χ0v) is 19.3. The number of rotatable bonds is 6. The van der Waals surface area contributed by atoms with Crippen molar-refractivity contribution >= 4 is 34.2 Å². The lowest BCUT2D eigenvalue weighted by Gasteiger charge is -2.19. The van der Waals surface area contributed by atoms with Gasteiger partial charge in [-0.25, -0.2) is 4.98 Å². The summed E-state index contributed by atoms with van der Waals surface area (Å²) in [7, 11) is 0. The maximum Gasteiger partial charge on any atom is 0.278 e. The number of aromatic nitrogens is 2. The van der Waals surface area contributed by atoms with Gasteiger partial charge in [-0.2, -0.15) is 5.26 Å². The highest BCUT2D eigenvalue weighted by Crippen LogP contribution is 2.27. The average molecular weight is 466 g/mol. The minimum atomic E-state index is -0.891. The number of carbonyl (C=O) groups is 2. The molecule has 4 aromatic rings. The van der Waals surface area contributed by atoms with Crippen LogP contribution in [0.1, 0.15) is 31.9 Å². The molecule has 0 bridgehead atoms. The number of hydrogen-bond acceptors (Lipinski definition) is 5. The second-order valence-corrected chi connectivity index (χ2v) is 7.93. The van der Waals surface area contributed by atoms with Crippen LogP contribution in [0.25, 0.3) is 22.3 Å². The van der Waals surface area contributed by atoms with Crippen LogP contribution in [0.4, 0.5) is 11.4 Å². The Kier molecular flexibility index (Phi) is 6.69. The maximum absolute atomic E-state index is 13.8. The Balaban J connectivity index is 1.83. The molecule has 0 aliphatic rings. The van der Waals surface area contributed by atoms with Crippen LogP contribution in [0.2, 0.25) is 0 Å². The summed E-state index contributed by atoms with van der Waals surface area (Å²) in [6, 6.07) is 21.7. The van der Waals surface area contributed by atoms with Gasteiger partial charge in [0.25, 0.3) is 5.56 Å². The summed E-state index contributed by atoms with van der Waals surface area (Å²) in [5.41, 5.74) is 2.51. The summed E-state index contributed by atoms with van der Waals surface area (Å²) in [6.07, 6.45) is 0.286. The number of fused-ring (bicyclic) bond motifs is 1. The molecule has 1 unspecified atom stereocenters. The molecule has 4 rings (SSSR count). The highest BCUT2D eigenvalue weighted by Gasteiger charge is 2.23. The monoisotopic (exact) mass is 465 g/mol. The number of amides is 2. The van der Waals surface area contributed by atoms with Crippen LogP contribution in [0, 0.1) is 11.3 Å². The second kappa shape index (κ2) is 10.0. The van der Waals surface area contributed by atoms with Crippen LogP contribution in [0.3, 0.4) is 0 Å². The van der Waals surface area contributed by atoms with Crippen LogP contribution in [0.5, 0.6) is 0 Å². The molecule has 0 saturated carbocycles. The number of nitriles is 1. The Bertz CT molecular complexity index is 1530. The molecule has 0 fully saturated rings. The molecular weight excluding hydrogens is 442 g/mol. The molecule has 2 amide bonds. The lowest BCUT2D eigenvalue weighted by molar-refractivity contribution is -0.119. The van der Waals surface area contributed by atoms with Crippen molar-refractivity contribution in [2.24, 2.45) is 0 Å². The minimum absolute atomic E-state index is 0.127. The molecule has 1 atom stereocenters. The van der Waals surface area contributed by atoms with Gasteiger partial charge in [-0.3, -0.25) is 19.0 Å². The van der Waals surface area contributed by atoms with Gasteiger partial charge in [0, 0.05) is 17.7 Å². The van der Waals surface area contributed by atoms with Crippen LogP contribution >= 0.6 is 0 Å². The molecule has 8 nitrogen and oxygen atoms in total. The van der Waals surface area contributed by atoms with Crippen molar-refractivity contribution in [1.82, 2.24) is 9.55 Å². The lowest BCUT2D eigenvalue weighted by atomic mass is 10.1. The van der Waals surface area contributed by atoms with Crippen LogP contribution in [-0.2, 0) is 9.59 Å². The summed E-state index contributed by atoms with van der Waals surface area (Å²) in [4.78, 5) is 43.6. The topological polar surface area (TPSA) is 117 Å². The van der Waals surface area contributed by atoms with E-state index in [0.29, 0.717) is 33.5 Å². The van der Waals surface area contributed by atoms with Crippen molar-refractivity contribution in [2.75, 3.05) is 10.6 Å². The standard InChI is InChI=1S/C27H23N5O3/c1-3-24(33)30-21-12-5-4-11-20(21)25-27(35)32(23-14-7-6-13-22(23)31-25)17(2)26(34)29-19-10-8-9-18(15-19)16-28/h4-15,17H,3H2,1-2H3,(H,29,34)(H,30,33). The molecule has 3 aromatic carbocycles. The summed E-state index contributed by atoms with van der Waals surface area (Å²) in [6.45, 7) is 3.37. The zero-order chi connectivity index (χ0) is 24.9. The third-order valence-corrected chi connectivity index (χ3v) is 5.60. The molecule has 1 heterocycles. The zero-order valence-electron chi connectivity index (χ0n) is 19.3. The van der Waals surface area contributed by atoms with Crippen LogP contribution in [-0.4, -0.2) is 21.4 Å². The van der Waals surface area contributed by atoms with Gasteiger partial charge in [-0.05, 0) is 43.3 Å². The smallest absolute Gasteiger partial charge is 0.278 e. The first-order valence-electron chi connectivity index (χ1n) is 11.1. The Morgan fingerprint density at radius 1 is 1.03 bits per heavy atom. The average Bonchev–Trinajstić information content (AvgIpc) is 2.88. The summed E-state index contributed by atoms with van der Waals surface area (Å²) < 4.78 is 1.40. The van der Waals surface area contributed by atoms with Gasteiger partial charge in [-0.15, -0.1) is 0 Å². The van der Waals surface area contributed by atoms with Gasteiger partial charge in [0.15, 0.2) is 0 Å². The number of nitrogens with zero attached hydrogens (tertiary/aromatic N) is 3. The van der Waals surface area contributed by atoms with E-state index in [1.165, 1.54) is 4.57 Å². The number of nitrogens with one attached hydrogen (secondary N) is 2. The number of para-hydroxylation sites is 3. The third-order valence-electron chi connectivity index (χ3n) is 5.60. The Morgan fingerprint density at radius 2 is 1.77 bits per heavy atom. The second-order valence-electron chi connectivity index (χ2n) is 7.93. The first-order chi connectivity index (χ1) is 16.9. The van der Waals surface area contributed by atoms with Gasteiger partial charge in [-0.1, -0.05) is 43.3 Å². The van der Waals surface area contributed by atoms with Crippen molar-refractivity contribution in [3.8, 4) is 17.3 Å². The van der Waals surface area contributed by atoms with E-state index in [4.69, 9.17) is 5.26 Å². The molecule has 35 heavy (non-hydrogen) atoms. The van der Waals surface area contributed by atoms with Gasteiger partial charge < -0.3 is 10.6 Å². The molecule has 0 spiro atoms. The predicted molar refractivity (Wildman–Crippen MR) is 135 cm³/mol.